The fraction of sp³-hybridized carbons (Fsp3) is 0.824. The highest BCUT2D eigenvalue weighted by Crippen LogP contribution is 2.40. The summed E-state index contributed by atoms with van der Waals surface area (Å²) >= 11 is 0. The van der Waals surface area contributed by atoms with Gasteiger partial charge < -0.3 is 10.1 Å². The lowest BCUT2D eigenvalue weighted by atomic mass is 9.84. The van der Waals surface area contributed by atoms with E-state index in [4.69, 9.17) is 4.74 Å². The summed E-state index contributed by atoms with van der Waals surface area (Å²) in [6.07, 6.45) is 9.41. The van der Waals surface area contributed by atoms with Crippen molar-refractivity contribution < 1.29 is 4.74 Å². The van der Waals surface area contributed by atoms with E-state index in [1.807, 2.05) is 6.20 Å². The lowest BCUT2D eigenvalue weighted by Gasteiger charge is -2.40. The van der Waals surface area contributed by atoms with Gasteiger partial charge >= 0.3 is 0 Å². The lowest BCUT2D eigenvalue weighted by Crippen LogP contribution is -2.47. The molecule has 0 bridgehead atoms. The third kappa shape index (κ3) is 3.67. The largest absolute Gasteiger partial charge is 0.373 e. The quantitative estimate of drug-likeness (QED) is 0.779. The molecule has 1 aliphatic carbocycles. The predicted octanol–water partition coefficient (Wildman–Crippen LogP) is 3.68. The third-order valence-electron chi connectivity index (χ3n) is 4.66. The second-order valence-corrected chi connectivity index (χ2v) is 5.97. The molecule has 4 heteroatoms. The molecule has 0 amide bonds. The number of hydrogen-bond donors (Lipinski definition) is 1. The van der Waals surface area contributed by atoms with Gasteiger partial charge in [-0.25, -0.2) is 0 Å². The maximum atomic E-state index is 6.38. The normalized spacial score (nSPS) is 20.1. The van der Waals surface area contributed by atoms with Gasteiger partial charge in [-0.15, -0.1) is 0 Å². The zero-order chi connectivity index (χ0) is 15.1. The lowest BCUT2D eigenvalue weighted by molar-refractivity contribution is -0.0796. The van der Waals surface area contributed by atoms with E-state index in [0.717, 1.165) is 32.5 Å². The van der Waals surface area contributed by atoms with E-state index in [1.54, 1.807) is 0 Å². The van der Waals surface area contributed by atoms with E-state index < -0.39 is 0 Å². The molecule has 1 aromatic rings. The summed E-state index contributed by atoms with van der Waals surface area (Å²) in [4.78, 5) is 0. The number of nitrogens with zero attached hydrogens (tertiary/aromatic N) is 2. The third-order valence-corrected chi connectivity index (χ3v) is 4.66. The number of aromatic nitrogens is 2. The zero-order valence-corrected chi connectivity index (χ0v) is 13.9. The molecule has 0 radical (unpaired) electrons. The first-order valence-electron chi connectivity index (χ1n) is 8.66. The molecule has 1 fully saturated rings. The molecule has 1 aromatic heterocycles. The molecule has 0 spiro atoms. The van der Waals surface area contributed by atoms with Crippen LogP contribution in [0.1, 0.15) is 71.0 Å². The van der Waals surface area contributed by atoms with Gasteiger partial charge in [-0.2, -0.15) is 5.10 Å². The molecular formula is C17H31N3O. The summed E-state index contributed by atoms with van der Waals surface area (Å²) in [6, 6.07) is 2.39. The van der Waals surface area contributed by atoms with Gasteiger partial charge in [-0.1, -0.05) is 32.6 Å². The first-order valence-corrected chi connectivity index (χ1v) is 8.66. The summed E-state index contributed by atoms with van der Waals surface area (Å²) in [5.41, 5.74) is 1.20. The van der Waals surface area contributed by atoms with E-state index in [9.17, 15) is 0 Å². The van der Waals surface area contributed by atoms with Crippen molar-refractivity contribution in [1.29, 1.82) is 0 Å². The molecule has 1 heterocycles. The summed E-state index contributed by atoms with van der Waals surface area (Å²) in [5, 5.41) is 8.17. The minimum absolute atomic E-state index is 0.0752. The maximum Gasteiger partial charge on any atom is 0.0891 e. The van der Waals surface area contributed by atoms with E-state index in [0.29, 0.717) is 0 Å². The standard InChI is InChI=1S/C17H31N3O/c1-4-18-16(15-11-14-19-20(15)5-2)17(21-6-3)12-9-7-8-10-13-17/h11,14,16,18H,4-10,12-13H2,1-3H3. The van der Waals surface area contributed by atoms with E-state index >= 15 is 0 Å². The van der Waals surface area contributed by atoms with Gasteiger partial charge in [0, 0.05) is 19.3 Å². The van der Waals surface area contributed by atoms with Crippen LogP contribution in [0.3, 0.4) is 0 Å². The summed E-state index contributed by atoms with van der Waals surface area (Å²) in [6.45, 7) is 9.09. The van der Waals surface area contributed by atoms with Gasteiger partial charge in [-0.05, 0) is 39.3 Å². The SMILES string of the molecule is CCNC(c1ccnn1CC)C1(OCC)CCCCCC1. The van der Waals surface area contributed by atoms with Crippen molar-refractivity contribution in [3.63, 3.8) is 0 Å². The number of ether oxygens (including phenoxy) is 1. The molecule has 4 nitrogen and oxygen atoms in total. The second-order valence-electron chi connectivity index (χ2n) is 5.97. The summed E-state index contributed by atoms with van der Waals surface area (Å²) < 4.78 is 8.49. The van der Waals surface area contributed by atoms with Gasteiger partial charge in [0.15, 0.2) is 0 Å². The molecular weight excluding hydrogens is 262 g/mol. The van der Waals surface area contributed by atoms with E-state index in [1.165, 1.54) is 31.4 Å². The Hall–Kier alpha value is -0.870. The van der Waals surface area contributed by atoms with Crippen molar-refractivity contribution in [1.82, 2.24) is 15.1 Å². The highest BCUT2D eigenvalue weighted by Gasteiger charge is 2.41. The number of nitrogens with one attached hydrogen (secondary N) is 1. The average molecular weight is 293 g/mol. The molecule has 1 aliphatic rings. The first kappa shape index (κ1) is 16.5. The van der Waals surface area contributed by atoms with Crippen LogP contribution < -0.4 is 5.32 Å². The monoisotopic (exact) mass is 293 g/mol. The molecule has 1 saturated carbocycles. The Bertz CT molecular complexity index is 408. The van der Waals surface area contributed by atoms with Crippen LogP contribution in [0.5, 0.6) is 0 Å². The van der Waals surface area contributed by atoms with E-state index in [-0.39, 0.29) is 11.6 Å². The first-order chi connectivity index (χ1) is 10.3. The molecule has 120 valence electrons. The zero-order valence-electron chi connectivity index (χ0n) is 13.9. The summed E-state index contributed by atoms with van der Waals surface area (Å²) in [7, 11) is 0. The summed E-state index contributed by atoms with van der Waals surface area (Å²) in [5.74, 6) is 0. The van der Waals surface area contributed by atoms with Crippen molar-refractivity contribution in [3.8, 4) is 0 Å². The number of likely N-dealkylation sites (N-methyl/N-ethyl adjacent to an activating group) is 1. The van der Waals surface area contributed by atoms with Crippen LogP contribution in [0.15, 0.2) is 12.3 Å². The van der Waals surface area contributed by atoms with Crippen LogP contribution in [0, 0.1) is 0 Å². The fourth-order valence-corrected chi connectivity index (χ4v) is 3.75. The van der Waals surface area contributed by atoms with Crippen LogP contribution >= 0.6 is 0 Å². The molecule has 1 N–H and O–H groups in total. The molecule has 0 aliphatic heterocycles. The van der Waals surface area contributed by atoms with Gasteiger partial charge in [0.05, 0.1) is 17.3 Å². The van der Waals surface area contributed by atoms with Gasteiger partial charge in [0.2, 0.25) is 0 Å². The van der Waals surface area contributed by atoms with Gasteiger partial charge in [-0.3, -0.25) is 4.68 Å². The number of aryl methyl sites for hydroxylation is 1. The van der Waals surface area contributed by atoms with Crippen LogP contribution in [0.25, 0.3) is 0 Å². The molecule has 1 unspecified atom stereocenters. The van der Waals surface area contributed by atoms with Crippen molar-refractivity contribution in [2.45, 2.75) is 77.5 Å². The smallest absolute Gasteiger partial charge is 0.0891 e. The van der Waals surface area contributed by atoms with Crippen molar-refractivity contribution >= 4 is 0 Å². The highest BCUT2D eigenvalue weighted by molar-refractivity contribution is 5.14. The van der Waals surface area contributed by atoms with Crippen LogP contribution in [0.4, 0.5) is 0 Å². The second kappa shape index (κ2) is 7.95. The van der Waals surface area contributed by atoms with Gasteiger partial charge in [0.1, 0.15) is 0 Å². The Labute approximate surface area is 129 Å². The van der Waals surface area contributed by atoms with Crippen LogP contribution in [-0.2, 0) is 11.3 Å². The predicted molar refractivity (Wildman–Crippen MR) is 86.4 cm³/mol. The van der Waals surface area contributed by atoms with Crippen molar-refractivity contribution in [2.75, 3.05) is 13.2 Å². The topological polar surface area (TPSA) is 39.1 Å². The van der Waals surface area contributed by atoms with Crippen molar-refractivity contribution in [2.24, 2.45) is 0 Å². The Morgan fingerprint density at radius 1 is 1.24 bits per heavy atom. The molecule has 0 saturated heterocycles. The van der Waals surface area contributed by atoms with Gasteiger partial charge in [0.25, 0.3) is 0 Å². The minimum atomic E-state index is -0.0752. The Balaban J connectivity index is 2.35. The van der Waals surface area contributed by atoms with E-state index in [2.05, 4.69) is 41.9 Å². The Morgan fingerprint density at radius 3 is 2.52 bits per heavy atom. The Kier molecular flexibility index (Phi) is 6.24. The maximum absolute atomic E-state index is 6.38. The van der Waals surface area contributed by atoms with Crippen molar-refractivity contribution in [3.05, 3.63) is 18.0 Å². The number of rotatable bonds is 7. The molecule has 0 aromatic carbocycles. The molecule has 21 heavy (non-hydrogen) atoms. The number of hydrogen-bond acceptors (Lipinski definition) is 3. The fourth-order valence-electron chi connectivity index (χ4n) is 3.75. The average Bonchev–Trinajstić information content (AvgIpc) is 2.84. The molecule has 2 rings (SSSR count). The van der Waals surface area contributed by atoms with Crippen LogP contribution in [0.2, 0.25) is 0 Å². The van der Waals surface area contributed by atoms with Crippen LogP contribution in [-0.4, -0.2) is 28.5 Å². The Morgan fingerprint density at radius 2 is 1.95 bits per heavy atom. The minimum Gasteiger partial charge on any atom is -0.373 e. The molecule has 1 atom stereocenters. The highest BCUT2D eigenvalue weighted by atomic mass is 16.5.